The highest BCUT2D eigenvalue weighted by molar-refractivity contribution is 7.19. The van der Waals surface area contributed by atoms with Crippen LogP contribution < -0.4 is 5.32 Å². The number of hydrogen-bond acceptors (Lipinski definition) is 3. The van der Waals surface area contributed by atoms with Gasteiger partial charge >= 0.3 is 0 Å². The lowest BCUT2D eigenvalue weighted by Gasteiger charge is -2.07. The quantitative estimate of drug-likeness (QED) is 0.350. The van der Waals surface area contributed by atoms with Crippen molar-refractivity contribution in [3.63, 3.8) is 0 Å². The normalized spacial score (nSPS) is 12.1. The van der Waals surface area contributed by atoms with Crippen LogP contribution in [0.25, 0.3) is 27.3 Å². The van der Waals surface area contributed by atoms with E-state index in [2.05, 4.69) is 46.7 Å². The second-order valence-corrected chi connectivity index (χ2v) is 8.94. The van der Waals surface area contributed by atoms with Crippen molar-refractivity contribution in [3.8, 4) is 22.4 Å². The van der Waals surface area contributed by atoms with Crippen LogP contribution in [0, 0.1) is 12.7 Å². The van der Waals surface area contributed by atoms with E-state index in [0.717, 1.165) is 34.0 Å². The van der Waals surface area contributed by atoms with Crippen LogP contribution in [0.4, 0.5) is 10.1 Å². The molecule has 0 spiro atoms. The number of aromatic nitrogens is 2. The highest BCUT2D eigenvalue weighted by Gasteiger charge is 2.21. The highest BCUT2D eigenvalue weighted by Crippen LogP contribution is 2.38. The van der Waals surface area contributed by atoms with Gasteiger partial charge in [0.05, 0.1) is 5.69 Å². The molecule has 5 aromatic rings. The topological polar surface area (TPSA) is 46.4 Å². The second-order valence-electron chi connectivity index (χ2n) is 7.96. The maximum Gasteiger partial charge on any atom is 0.267 e. The first-order valence-corrected chi connectivity index (χ1v) is 11.2. The van der Waals surface area contributed by atoms with E-state index in [9.17, 15) is 9.18 Å². The van der Waals surface area contributed by atoms with Crippen LogP contribution >= 0.6 is 11.3 Å². The molecule has 32 heavy (non-hydrogen) atoms. The number of aryl methyl sites for hydroxylation is 1. The number of nitrogens with one attached hydrogen (secondary N) is 1. The number of amides is 1. The maximum atomic E-state index is 13.2. The number of hydrogen-bond donors (Lipinski definition) is 1. The van der Waals surface area contributed by atoms with Gasteiger partial charge in [0, 0.05) is 23.1 Å². The number of rotatable bonds is 3. The average molecular weight is 440 g/mol. The maximum absolute atomic E-state index is 13.2. The summed E-state index contributed by atoms with van der Waals surface area (Å²) >= 11 is 1.35. The molecule has 2 aromatic heterocycles. The van der Waals surface area contributed by atoms with E-state index in [1.807, 2.05) is 23.6 Å². The predicted octanol–water partition coefficient (Wildman–Crippen LogP) is 6.33. The van der Waals surface area contributed by atoms with E-state index in [4.69, 9.17) is 0 Å². The first kappa shape index (κ1) is 19.0. The Hall–Kier alpha value is -3.77. The zero-order valence-corrected chi connectivity index (χ0v) is 18.0. The first-order chi connectivity index (χ1) is 15.6. The zero-order chi connectivity index (χ0) is 21.8. The molecule has 0 saturated heterocycles. The van der Waals surface area contributed by atoms with Crippen molar-refractivity contribution in [2.24, 2.45) is 0 Å². The Kier molecular flexibility index (Phi) is 4.23. The van der Waals surface area contributed by atoms with Crippen LogP contribution in [0.3, 0.4) is 0 Å². The number of carbonyl (C=O) groups excluding carboxylic acids is 1. The van der Waals surface area contributed by atoms with Gasteiger partial charge in [0.1, 0.15) is 10.7 Å². The second kappa shape index (κ2) is 7.14. The Labute approximate surface area is 188 Å². The van der Waals surface area contributed by atoms with Gasteiger partial charge in [-0.05, 0) is 72.0 Å². The minimum Gasteiger partial charge on any atom is -0.321 e. The summed E-state index contributed by atoms with van der Waals surface area (Å²) < 4.78 is 15.1. The molecule has 6 heteroatoms. The van der Waals surface area contributed by atoms with Crippen LogP contribution in [0.1, 0.15) is 26.5 Å². The molecule has 1 amide bonds. The lowest BCUT2D eigenvalue weighted by atomic mass is 10.1. The van der Waals surface area contributed by atoms with Gasteiger partial charge in [0.25, 0.3) is 5.91 Å². The molecule has 0 bridgehead atoms. The van der Waals surface area contributed by atoms with Gasteiger partial charge in [-0.3, -0.25) is 9.20 Å². The summed E-state index contributed by atoms with van der Waals surface area (Å²) in [6.45, 7) is 1.91. The Morgan fingerprint density at radius 2 is 1.81 bits per heavy atom. The summed E-state index contributed by atoms with van der Waals surface area (Å²) in [5, 5.41) is 3.05. The molecule has 0 saturated carbocycles. The van der Waals surface area contributed by atoms with E-state index >= 15 is 0 Å². The summed E-state index contributed by atoms with van der Waals surface area (Å²) in [5.41, 5.74) is 8.27. The van der Waals surface area contributed by atoms with Crippen molar-refractivity contribution in [1.29, 1.82) is 0 Å². The number of halogens is 1. The van der Waals surface area contributed by atoms with Crippen LogP contribution in [-0.4, -0.2) is 15.3 Å². The molecule has 1 aliphatic rings. The van der Waals surface area contributed by atoms with Crippen molar-refractivity contribution in [1.82, 2.24) is 9.38 Å². The molecule has 3 aromatic carbocycles. The molecule has 0 fully saturated rings. The van der Waals surface area contributed by atoms with Gasteiger partial charge in [-0.25, -0.2) is 9.37 Å². The third-order valence-electron chi connectivity index (χ3n) is 5.95. The number of fused-ring (bicyclic) bond motifs is 4. The molecule has 0 atom stereocenters. The number of benzene rings is 3. The smallest absolute Gasteiger partial charge is 0.267 e. The molecule has 1 N–H and O–H groups in total. The van der Waals surface area contributed by atoms with Gasteiger partial charge in [-0.2, -0.15) is 0 Å². The SMILES string of the molecule is Cc1c(C(=O)Nc2ccc3c(c2)Cc2ccccc2-3)sc2nc(-c3ccc(F)cc3)cn12. The highest BCUT2D eigenvalue weighted by atomic mass is 32.1. The number of imidazole rings is 1. The molecule has 6 rings (SSSR count). The van der Waals surface area contributed by atoms with Gasteiger partial charge in [0.15, 0.2) is 4.96 Å². The molecule has 4 nitrogen and oxygen atoms in total. The van der Waals surface area contributed by atoms with Gasteiger partial charge < -0.3 is 5.32 Å². The molecule has 156 valence electrons. The van der Waals surface area contributed by atoms with E-state index < -0.39 is 0 Å². The van der Waals surface area contributed by atoms with E-state index in [1.165, 1.54) is 45.7 Å². The number of thiazole rings is 1. The van der Waals surface area contributed by atoms with Gasteiger partial charge in [0.2, 0.25) is 0 Å². The molecular weight excluding hydrogens is 421 g/mol. The van der Waals surface area contributed by atoms with Crippen molar-refractivity contribution in [2.45, 2.75) is 13.3 Å². The summed E-state index contributed by atoms with van der Waals surface area (Å²) in [4.78, 5) is 19.0. The predicted molar refractivity (Wildman–Crippen MR) is 126 cm³/mol. The molecule has 2 heterocycles. The Morgan fingerprint density at radius 1 is 1.03 bits per heavy atom. The third-order valence-corrected chi connectivity index (χ3v) is 7.11. The Bertz CT molecular complexity index is 1510. The van der Waals surface area contributed by atoms with Crippen LogP contribution in [-0.2, 0) is 6.42 Å². The zero-order valence-electron chi connectivity index (χ0n) is 17.2. The van der Waals surface area contributed by atoms with E-state index in [1.54, 1.807) is 12.1 Å². The van der Waals surface area contributed by atoms with Crippen molar-refractivity contribution < 1.29 is 9.18 Å². The summed E-state index contributed by atoms with van der Waals surface area (Å²) in [7, 11) is 0. The van der Waals surface area contributed by atoms with Crippen LogP contribution in [0.15, 0.2) is 72.9 Å². The third kappa shape index (κ3) is 3.03. The Balaban J connectivity index is 1.27. The van der Waals surface area contributed by atoms with Crippen LogP contribution in [0.2, 0.25) is 0 Å². The average Bonchev–Trinajstić information content (AvgIpc) is 3.46. The van der Waals surface area contributed by atoms with Gasteiger partial charge in [-0.15, -0.1) is 0 Å². The molecular formula is C26H18FN3OS. The monoisotopic (exact) mass is 439 g/mol. The van der Waals surface area contributed by atoms with Crippen molar-refractivity contribution >= 4 is 27.9 Å². The summed E-state index contributed by atoms with van der Waals surface area (Å²) in [6, 6.07) is 20.8. The minimum atomic E-state index is -0.277. The first-order valence-electron chi connectivity index (χ1n) is 10.3. The van der Waals surface area contributed by atoms with Gasteiger partial charge in [-0.1, -0.05) is 41.7 Å². The molecule has 0 aliphatic heterocycles. The Morgan fingerprint density at radius 3 is 2.62 bits per heavy atom. The van der Waals surface area contributed by atoms with Crippen LogP contribution in [0.5, 0.6) is 0 Å². The lowest BCUT2D eigenvalue weighted by Crippen LogP contribution is -2.12. The summed E-state index contributed by atoms with van der Waals surface area (Å²) in [6.07, 6.45) is 2.77. The molecule has 0 radical (unpaired) electrons. The number of carbonyl (C=O) groups is 1. The molecule has 1 aliphatic carbocycles. The standard InChI is InChI=1S/C26H18FN3OS/c1-15-24(32-26-29-23(14-30(15)26)16-6-8-19(27)9-7-16)25(31)28-20-10-11-22-18(13-20)12-17-4-2-3-5-21(17)22/h2-11,13-14H,12H2,1H3,(H,28,31). The van der Waals surface area contributed by atoms with E-state index in [-0.39, 0.29) is 11.7 Å². The van der Waals surface area contributed by atoms with Crippen molar-refractivity contribution in [2.75, 3.05) is 5.32 Å². The molecule has 0 unspecified atom stereocenters. The fraction of sp³-hybridized carbons (Fsp3) is 0.0769. The number of nitrogens with zero attached hydrogens (tertiary/aromatic N) is 2. The van der Waals surface area contributed by atoms with Crippen molar-refractivity contribution in [3.05, 3.63) is 100 Å². The minimum absolute atomic E-state index is 0.142. The number of anilines is 1. The largest absolute Gasteiger partial charge is 0.321 e. The van der Waals surface area contributed by atoms with E-state index in [0.29, 0.717) is 4.88 Å². The fourth-order valence-corrected chi connectivity index (χ4v) is 5.34. The fourth-order valence-electron chi connectivity index (χ4n) is 4.33. The lowest BCUT2D eigenvalue weighted by molar-refractivity contribution is 0.102. The summed E-state index contributed by atoms with van der Waals surface area (Å²) in [5.74, 6) is -0.419.